The van der Waals surface area contributed by atoms with Crippen molar-refractivity contribution in [3.63, 3.8) is 0 Å². The second kappa shape index (κ2) is 8.08. The summed E-state index contributed by atoms with van der Waals surface area (Å²) in [7, 11) is 1.61. The molecule has 1 aliphatic carbocycles. The highest BCUT2D eigenvalue weighted by molar-refractivity contribution is 9.10. The van der Waals surface area contributed by atoms with Crippen molar-refractivity contribution in [2.75, 3.05) is 19.0 Å². The first-order valence-electron chi connectivity index (χ1n) is 7.25. The number of rotatable bonds is 5. The third-order valence-corrected chi connectivity index (χ3v) is 4.15. The molecule has 0 fully saturated rings. The van der Waals surface area contributed by atoms with Crippen molar-refractivity contribution >= 4 is 27.6 Å². The number of amides is 2. The van der Waals surface area contributed by atoms with Crippen molar-refractivity contribution in [3.8, 4) is 5.75 Å². The minimum absolute atomic E-state index is 0.177. The zero-order valence-electron chi connectivity index (χ0n) is 12.2. The lowest BCUT2D eigenvalue weighted by molar-refractivity contribution is 0.252. The quantitative estimate of drug-likeness (QED) is 0.768. The van der Waals surface area contributed by atoms with Gasteiger partial charge < -0.3 is 15.4 Å². The Kier molecular flexibility index (Phi) is 6.11. The number of hydrogen-bond acceptors (Lipinski definition) is 2. The molecule has 1 aromatic rings. The van der Waals surface area contributed by atoms with Crippen LogP contribution in [0, 0.1) is 0 Å². The van der Waals surface area contributed by atoms with Gasteiger partial charge in [-0.2, -0.15) is 0 Å². The Hall–Kier alpha value is -1.49. The predicted molar refractivity (Wildman–Crippen MR) is 88.9 cm³/mol. The molecule has 0 saturated carbocycles. The number of methoxy groups -OCH3 is 1. The maximum Gasteiger partial charge on any atom is 0.319 e. The smallest absolute Gasteiger partial charge is 0.319 e. The summed E-state index contributed by atoms with van der Waals surface area (Å²) in [5.74, 6) is 0.741. The number of allylic oxidation sites excluding steroid dienone is 1. The van der Waals surface area contributed by atoms with Crippen LogP contribution < -0.4 is 15.4 Å². The summed E-state index contributed by atoms with van der Waals surface area (Å²) in [6.07, 6.45) is 8.18. The third kappa shape index (κ3) is 5.08. The summed E-state index contributed by atoms with van der Waals surface area (Å²) in [5, 5.41) is 5.71. The van der Waals surface area contributed by atoms with E-state index in [4.69, 9.17) is 4.74 Å². The lowest BCUT2D eigenvalue weighted by atomic mass is 9.97. The van der Waals surface area contributed by atoms with Crippen LogP contribution in [0.4, 0.5) is 10.5 Å². The molecule has 1 aromatic carbocycles. The van der Waals surface area contributed by atoms with E-state index in [1.165, 1.54) is 31.3 Å². The zero-order valence-corrected chi connectivity index (χ0v) is 13.8. The van der Waals surface area contributed by atoms with Crippen LogP contribution >= 0.6 is 15.9 Å². The van der Waals surface area contributed by atoms with Gasteiger partial charge in [0.05, 0.1) is 11.6 Å². The highest BCUT2D eigenvalue weighted by Gasteiger charge is 2.06. The van der Waals surface area contributed by atoms with Gasteiger partial charge in [-0.25, -0.2) is 4.79 Å². The average Bonchev–Trinajstić information content (AvgIpc) is 2.48. The average molecular weight is 353 g/mol. The van der Waals surface area contributed by atoms with Crippen LogP contribution in [0.5, 0.6) is 5.75 Å². The van der Waals surface area contributed by atoms with E-state index in [0.717, 1.165) is 22.3 Å². The zero-order chi connectivity index (χ0) is 15.1. The highest BCUT2D eigenvalue weighted by Crippen LogP contribution is 2.27. The van der Waals surface area contributed by atoms with Crippen molar-refractivity contribution in [1.29, 1.82) is 0 Å². The monoisotopic (exact) mass is 352 g/mol. The molecular formula is C16H21BrN2O2. The topological polar surface area (TPSA) is 50.4 Å². The lowest BCUT2D eigenvalue weighted by Crippen LogP contribution is -2.29. The first-order chi connectivity index (χ1) is 10.2. The van der Waals surface area contributed by atoms with Crippen molar-refractivity contribution in [3.05, 3.63) is 34.3 Å². The normalized spacial score (nSPS) is 14.3. The summed E-state index contributed by atoms with van der Waals surface area (Å²) >= 11 is 3.40. The summed E-state index contributed by atoms with van der Waals surface area (Å²) in [6.45, 7) is 0.676. The molecule has 2 rings (SSSR count). The summed E-state index contributed by atoms with van der Waals surface area (Å²) in [6, 6.07) is 5.27. The van der Waals surface area contributed by atoms with Crippen LogP contribution in [0.15, 0.2) is 34.3 Å². The molecule has 4 nitrogen and oxygen atoms in total. The number of anilines is 1. The molecule has 0 radical (unpaired) electrons. The number of ether oxygens (including phenoxy) is 1. The number of hydrogen-bond donors (Lipinski definition) is 2. The summed E-state index contributed by atoms with van der Waals surface area (Å²) in [5.41, 5.74) is 2.20. The van der Waals surface area contributed by atoms with Gasteiger partial charge >= 0.3 is 6.03 Å². The molecule has 0 aliphatic heterocycles. The predicted octanol–water partition coefficient (Wildman–Crippen LogP) is 4.47. The molecule has 0 spiro atoms. The fourth-order valence-corrected chi connectivity index (χ4v) is 2.93. The lowest BCUT2D eigenvalue weighted by Gasteiger charge is -2.13. The Bertz CT molecular complexity index is 529. The molecule has 114 valence electrons. The van der Waals surface area contributed by atoms with E-state index in [2.05, 4.69) is 32.6 Å². The number of halogens is 1. The molecule has 0 atom stereocenters. The Morgan fingerprint density at radius 1 is 1.38 bits per heavy atom. The van der Waals surface area contributed by atoms with Gasteiger partial charge in [0.2, 0.25) is 0 Å². The Labute approximate surface area is 134 Å². The van der Waals surface area contributed by atoms with Gasteiger partial charge in [-0.3, -0.25) is 0 Å². The van der Waals surface area contributed by atoms with Crippen LogP contribution in [0.3, 0.4) is 0 Å². The molecule has 0 bridgehead atoms. The molecule has 5 heteroatoms. The first-order valence-corrected chi connectivity index (χ1v) is 8.04. The number of urea groups is 1. The van der Waals surface area contributed by atoms with Gasteiger partial charge in [0.1, 0.15) is 5.75 Å². The van der Waals surface area contributed by atoms with Gasteiger partial charge in [0, 0.05) is 12.2 Å². The molecule has 21 heavy (non-hydrogen) atoms. The second-order valence-electron chi connectivity index (χ2n) is 5.09. The summed E-state index contributed by atoms with van der Waals surface area (Å²) in [4.78, 5) is 11.8. The fraction of sp³-hybridized carbons (Fsp3) is 0.438. The van der Waals surface area contributed by atoms with Gasteiger partial charge in [-0.15, -0.1) is 0 Å². The molecule has 0 saturated heterocycles. The van der Waals surface area contributed by atoms with E-state index in [-0.39, 0.29) is 6.03 Å². The molecule has 0 heterocycles. The van der Waals surface area contributed by atoms with Crippen molar-refractivity contribution in [1.82, 2.24) is 5.32 Å². The molecular weight excluding hydrogens is 332 g/mol. The maximum absolute atomic E-state index is 11.8. The van der Waals surface area contributed by atoms with Gasteiger partial charge in [0.25, 0.3) is 0 Å². The third-order valence-electron chi connectivity index (χ3n) is 3.53. The number of benzene rings is 1. The van der Waals surface area contributed by atoms with Crippen LogP contribution in [-0.4, -0.2) is 19.7 Å². The summed E-state index contributed by atoms with van der Waals surface area (Å²) < 4.78 is 5.97. The van der Waals surface area contributed by atoms with E-state index in [9.17, 15) is 4.79 Å². The molecule has 0 aromatic heterocycles. The Balaban J connectivity index is 1.76. The van der Waals surface area contributed by atoms with E-state index in [1.807, 2.05) is 18.2 Å². The minimum Gasteiger partial charge on any atom is -0.496 e. The van der Waals surface area contributed by atoms with E-state index in [0.29, 0.717) is 6.54 Å². The fourth-order valence-electron chi connectivity index (χ4n) is 2.39. The molecule has 2 N–H and O–H groups in total. The highest BCUT2D eigenvalue weighted by atomic mass is 79.9. The molecule has 1 aliphatic rings. The Morgan fingerprint density at radius 3 is 2.90 bits per heavy atom. The van der Waals surface area contributed by atoms with E-state index >= 15 is 0 Å². The van der Waals surface area contributed by atoms with E-state index < -0.39 is 0 Å². The first kappa shape index (κ1) is 15.9. The SMILES string of the molecule is COc1ccc(NC(=O)NCCC2=CCCCC2)cc1Br. The number of carbonyl (C=O) groups excluding carboxylic acids is 1. The van der Waals surface area contributed by atoms with Gasteiger partial charge in [-0.05, 0) is 66.2 Å². The van der Waals surface area contributed by atoms with Gasteiger partial charge in [0.15, 0.2) is 0 Å². The molecule has 0 unspecified atom stereocenters. The largest absolute Gasteiger partial charge is 0.496 e. The minimum atomic E-state index is -0.177. The molecule has 2 amide bonds. The van der Waals surface area contributed by atoms with Crippen molar-refractivity contribution in [2.45, 2.75) is 32.1 Å². The number of nitrogens with one attached hydrogen (secondary N) is 2. The van der Waals surface area contributed by atoms with Crippen LogP contribution in [-0.2, 0) is 0 Å². The van der Waals surface area contributed by atoms with Gasteiger partial charge in [-0.1, -0.05) is 11.6 Å². The van der Waals surface area contributed by atoms with Crippen molar-refractivity contribution < 1.29 is 9.53 Å². The number of carbonyl (C=O) groups is 1. The van der Waals surface area contributed by atoms with Crippen LogP contribution in [0.2, 0.25) is 0 Å². The van der Waals surface area contributed by atoms with Crippen LogP contribution in [0.25, 0.3) is 0 Å². The van der Waals surface area contributed by atoms with Crippen molar-refractivity contribution in [2.24, 2.45) is 0 Å². The standard InChI is InChI=1S/C16H21BrN2O2/c1-21-15-8-7-13(11-14(15)17)19-16(20)18-10-9-12-5-3-2-4-6-12/h5,7-8,11H,2-4,6,9-10H2,1H3,(H2,18,19,20). The maximum atomic E-state index is 11.8. The van der Waals surface area contributed by atoms with Crippen LogP contribution in [0.1, 0.15) is 32.1 Å². The Morgan fingerprint density at radius 2 is 2.24 bits per heavy atom. The van der Waals surface area contributed by atoms with E-state index in [1.54, 1.807) is 7.11 Å². The second-order valence-corrected chi connectivity index (χ2v) is 5.94.